The highest BCUT2D eigenvalue weighted by atomic mass is 32.2. The highest BCUT2D eigenvalue weighted by molar-refractivity contribution is 7.90. The van der Waals surface area contributed by atoms with E-state index >= 15 is 0 Å². The van der Waals surface area contributed by atoms with Gasteiger partial charge in [-0.2, -0.15) is 31.6 Å². The van der Waals surface area contributed by atoms with Crippen LogP contribution >= 0.6 is 0 Å². The van der Waals surface area contributed by atoms with Crippen molar-refractivity contribution in [2.75, 3.05) is 17.2 Å². The molecular formula is C24H18F6N4O6S. The number of benzene rings is 2. The average molecular weight is 604 g/mol. The molecule has 1 aliphatic rings. The van der Waals surface area contributed by atoms with Crippen LogP contribution in [0.3, 0.4) is 0 Å². The average Bonchev–Trinajstić information content (AvgIpc) is 2.83. The van der Waals surface area contributed by atoms with Crippen LogP contribution < -0.4 is 9.62 Å². The minimum atomic E-state index is -5.38. The van der Waals surface area contributed by atoms with Crippen LogP contribution in [0.1, 0.15) is 29.7 Å². The van der Waals surface area contributed by atoms with Gasteiger partial charge in [0.1, 0.15) is 6.54 Å². The van der Waals surface area contributed by atoms with E-state index in [1.807, 2.05) is 0 Å². The molecule has 0 saturated carbocycles. The highest BCUT2D eigenvalue weighted by Gasteiger charge is 2.45. The fourth-order valence-electron chi connectivity index (χ4n) is 4.11. The Kier molecular flexibility index (Phi) is 8.39. The van der Waals surface area contributed by atoms with Gasteiger partial charge in [-0.15, -0.1) is 0 Å². The van der Waals surface area contributed by atoms with E-state index in [9.17, 15) is 54.3 Å². The second kappa shape index (κ2) is 11.1. The topological polar surface area (TPSA) is 148 Å². The number of rotatable bonds is 7. The maximum atomic E-state index is 13.6. The number of carboxylic acids is 1. The Morgan fingerprint density at radius 1 is 1.07 bits per heavy atom. The van der Waals surface area contributed by atoms with Crippen molar-refractivity contribution < 1.29 is 54.3 Å². The van der Waals surface area contributed by atoms with Gasteiger partial charge in [-0.3, -0.25) is 14.5 Å². The maximum Gasteiger partial charge on any atom is 0.416 e. The first-order valence-corrected chi connectivity index (χ1v) is 12.8. The summed E-state index contributed by atoms with van der Waals surface area (Å²) in [4.78, 5) is 39.7. The number of urea groups is 1. The third-order valence-corrected chi connectivity index (χ3v) is 6.89. The zero-order valence-corrected chi connectivity index (χ0v) is 21.4. The van der Waals surface area contributed by atoms with Crippen LogP contribution in [0.2, 0.25) is 0 Å². The number of halogens is 6. The van der Waals surface area contributed by atoms with Gasteiger partial charge in [0.25, 0.3) is 5.91 Å². The Labute approximate surface area is 228 Å². The number of sulfonamides is 1. The highest BCUT2D eigenvalue weighted by Crippen LogP contribution is 2.41. The van der Waals surface area contributed by atoms with Gasteiger partial charge < -0.3 is 10.0 Å². The molecule has 10 nitrogen and oxygen atoms in total. The summed E-state index contributed by atoms with van der Waals surface area (Å²) in [5.41, 5.74) is -2.94. The molecule has 1 unspecified atom stereocenters. The van der Waals surface area contributed by atoms with E-state index in [0.717, 1.165) is 19.1 Å². The van der Waals surface area contributed by atoms with Crippen LogP contribution in [0.5, 0.6) is 0 Å². The van der Waals surface area contributed by atoms with E-state index in [1.165, 1.54) is 29.0 Å². The Morgan fingerprint density at radius 2 is 1.68 bits per heavy atom. The summed E-state index contributed by atoms with van der Waals surface area (Å²) in [7, 11) is -5.38. The first-order valence-electron chi connectivity index (χ1n) is 11.2. The van der Waals surface area contributed by atoms with Crippen molar-refractivity contribution in [3.05, 3.63) is 76.5 Å². The number of allylic oxidation sites excluding steroid dienone is 1. The summed E-state index contributed by atoms with van der Waals surface area (Å²) < 4.78 is 104. The van der Waals surface area contributed by atoms with Gasteiger partial charge in [0.15, 0.2) is 5.75 Å². The van der Waals surface area contributed by atoms with Crippen molar-refractivity contribution in [3.63, 3.8) is 0 Å². The van der Waals surface area contributed by atoms with Crippen molar-refractivity contribution in [1.29, 1.82) is 5.26 Å². The molecule has 0 bridgehead atoms. The van der Waals surface area contributed by atoms with Crippen LogP contribution in [0.15, 0.2) is 59.8 Å². The fraction of sp³-hybridized carbons (Fsp3) is 0.250. The van der Waals surface area contributed by atoms with Crippen LogP contribution in [-0.4, -0.2) is 54.8 Å². The van der Waals surface area contributed by atoms with Crippen molar-refractivity contribution in [2.24, 2.45) is 0 Å². The Morgan fingerprint density at radius 3 is 2.20 bits per heavy atom. The number of hydrogen-bond acceptors (Lipinski definition) is 6. The van der Waals surface area contributed by atoms with Crippen LogP contribution in [-0.2, 0) is 25.8 Å². The van der Waals surface area contributed by atoms with E-state index in [0.29, 0.717) is 21.9 Å². The largest absolute Gasteiger partial charge is 0.480 e. The predicted octanol–water partition coefficient (Wildman–Crippen LogP) is 3.93. The van der Waals surface area contributed by atoms with E-state index in [4.69, 9.17) is 5.26 Å². The monoisotopic (exact) mass is 604 g/mol. The quantitative estimate of drug-likeness (QED) is 0.455. The molecule has 3 amide bonds. The molecule has 2 aromatic carbocycles. The molecule has 0 fully saturated rings. The number of carbonyl (C=O) groups is 3. The van der Waals surface area contributed by atoms with Gasteiger partial charge in [-0.25, -0.2) is 17.9 Å². The van der Waals surface area contributed by atoms with Gasteiger partial charge in [0.2, 0.25) is 10.0 Å². The minimum Gasteiger partial charge on any atom is -0.480 e. The number of amides is 3. The second-order valence-electron chi connectivity index (χ2n) is 8.63. The summed E-state index contributed by atoms with van der Waals surface area (Å²) in [6.07, 6.45) is -10.1. The molecule has 0 saturated heterocycles. The number of nitrogens with zero attached hydrogens (tertiary/aromatic N) is 3. The molecule has 0 aromatic heterocycles. The van der Waals surface area contributed by atoms with E-state index in [2.05, 4.69) is 0 Å². The van der Waals surface area contributed by atoms with Gasteiger partial charge in [-0.05, 0) is 42.8 Å². The van der Waals surface area contributed by atoms with Crippen molar-refractivity contribution in [1.82, 2.24) is 9.62 Å². The molecule has 3 rings (SSSR count). The lowest BCUT2D eigenvalue weighted by Gasteiger charge is -2.42. The molecule has 2 aromatic rings. The Bertz CT molecular complexity index is 1560. The first-order chi connectivity index (χ1) is 18.8. The zero-order chi connectivity index (χ0) is 30.9. The van der Waals surface area contributed by atoms with Crippen molar-refractivity contribution in [3.8, 4) is 6.07 Å². The number of carboxylic acid groups (broad SMARTS) is 1. The lowest BCUT2D eigenvalue weighted by atomic mass is 9.91. The van der Waals surface area contributed by atoms with Crippen LogP contribution in [0, 0.1) is 11.3 Å². The van der Waals surface area contributed by atoms with Gasteiger partial charge >= 0.3 is 24.4 Å². The molecule has 2 N–H and O–H groups in total. The number of nitriles is 1. The number of anilines is 1. The van der Waals surface area contributed by atoms with Crippen LogP contribution in [0.4, 0.5) is 36.8 Å². The number of nitrogens with one attached hydrogen (secondary N) is 1. The lowest BCUT2D eigenvalue weighted by Crippen LogP contribution is -2.54. The summed E-state index contributed by atoms with van der Waals surface area (Å²) in [6, 6.07) is 6.74. The smallest absolute Gasteiger partial charge is 0.416 e. The number of carbonyl (C=O) groups excluding carboxylic acids is 2. The molecule has 0 radical (unpaired) electrons. The summed E-state index contributed by atoms with van der Waals surface area (Å²) in [5.74, 6) is -5.81. The first kappa shape index (κ1) is 30.9. The summed E-state index contributed by atoms with van der Waals surface area (Å²) >= 11 is 0. The molecule has 41 heavy (non-hydrogen) atoms. The molecule has 218 valence electrons. The van der Waals surface area contributed by atoms with Crippen molar-refractivity contribution >= 4 is 33.6 Å². The number of hydrogen-bond donors (Lipinski definition) is 2. The lowest BCUT2D eigenvalue weighted by molar-refractivity contribution is -0.138. The van der Waals surface area contributed by atoms with Crippen LogP contribution in [0.25, 0.3) is 0 Å². The maximum absolute atomic E-state index is 13.6. The summed E-state index contributed by atoms with van der Waals surface area (Å²) in [5, 5.41) is 18.6. The zero-order valence-electron chi connectivity index (χ0n) is 20.6. The number of alkyl halides is 6. The minimum absolute atomic E-state index is 0.0555. The van der Waals surface area contributed by atoms with Gasteiger partial charge in [0, 0.05) is 5.70 Å². The Balaban J connectivity index is 2.31. The molecule has 0 aliphatic carbocycles. The molecule has 0 spiro atoms. The Hall–Kier alpha value is -4.59. The van der Waals surface area contributed by atoms with E-state index in [1.54, 1.807) is 6.07 Å². The molecule has 1 atom stereocenters. The third-order valence-electron chi connectivity index (χ3n) is 5.69. The molecule has 1 aliphatic heterocycles. The van der Waals surface area contributed by atoms with E-state index < -0.39 is 81.1 Å². The summed E-state index contributed by atoms with van der Waals surface area (Å²) in [6.45, 7) is -0.142. The standard InChI is InChI=1S/C24H18F6N4O6S/c1-13-19(21(37)32-41(39,40)12-23(25,26)27)20(15-7-5-14(10-31)6-8-15)33(11-18(35)36)22(38)34(13)17-4-2-3-16(9-17)24(28,29)30/h2-9,20H,11-12H2,1H3,(H,32,37)(H,35,36). The molecular weight excluding hydrogens is 586 g/mol. The SMILES string of the molecule is CC1=C(C(=O)NS(=O)(=O)CC(F)(F)F)C(c2ccc(C#N)cc2)N(CC(=O)O)C(=O)N1c1cccc(C(F)(F)F)c1. The van der Waals surface area contributed by atoms with Gasteiger partial charge in [0.05, 0.1) is 34.5 Å². The van der Waals surface area contributed by atoms with Crippen molar-refractivity contribution in [2.45, 2.75) is 25.3 Å². The fourth-order valence-corrected chi connectivity index (χ4v) is 5.00. The van der Waals surface area contributed by atoms with E-state index in [-0.39, 0.29) is 11.1 Å². The van der Waals surface area contributed by atoms with Gasteiger partial charge in [-0.1, -0.05) is 18.2 Å². The number of aliphatic carboxylic acids is 1. The predicted molar refractivity (Wildman–Crippen MR) is 128 cm³/mol. The second-order valence-corrected chi connectivity index (χ2v) is 10.4. The molecule has 17 heteroatoms. The third kappa shape index (κ3) is 7.14. The molecule has 1 heterocycles. The normalized spacial score (nSPS) is 16.4.